The Labute approximate surface area is 457 Å². The topological polar surface area (TPSA) is 14.2 Å². The summed E-state index contributed by atoms with van der Waals surface area (Å²) in [4.78, 5) is 4.31. The first kappa shape index (κ1) is 48.9. The second-order valence-corrected chi connectivity index (χ2v) is 21.1. The molecule has 380 valence electrons. The first-order valence-electron chi connectivity index (χ1n) is 26.6. The lowest BCUT2D eigenvalue weighted by atomic mass is 9.89. The van der Waals surface area contributed by atoms with Crippen LogP contribution in [0.3, 0.4) is 0 Å². The number of hydrogen-bond acceptors (Lipinski definition) is 0. The third kappa shape index (κ3) is 8.65. The molecule has 0 aliphatic heterocycles. The van der Waals surface area contributed by atoms with E-state index in [0.29, 0.717) is 33.5 Å². The maximum Gasteiger partial charge on any atom is 0.416 e. The molecule has 0 N–H and O–H groups in total. The summed E-state index contributed by atoms with van der Waals surface area (Å²) >= 11 is 0. The largest absolute Gasteiger partial charge is 0.416 e. The second-order valence-electron chi connectivity index (χ2n) is 21.1. The number of alkyl halides is 3. The number of rotatable bonds is 8. The summed E-state index contributed by atoms with van der Waals surface area (Å²) in [7, 11) is 0. The Balaban J connectivity index is 1.15. The molecular weight excluding hydrogens is 976 g/mol. The molecule has 0 atom stereocenters. The van der Waals surface area contributed by atoms with Gasteiger partial charge in [-0.1, -0.05) is 174 Å². The van der Waals surface area contributed by atoms with Crippen LogP contribution < -0.4 is 0 Å². The van der Waals surface area contributed by atoms with E-state index in [4.69, 9.17) is 6.57 Å². The lowest BCUT2D eigenvalue weighted by molar-refractivity contribution is -0.137. The van der Waals surface area contributed by atoms with Gasteiger partial charge in [0, 0.05) is 38.4 Å². The Morgan fingerprint density at radius 3 is 1.04 bits per heavy atom. The van der Waals surface area contributed by atoms with Gasteiger partial charge < -0.3 is 9.13 Å². The van der Waals surface area contributed by atoms with Gasteiger partial charge in [-0.05, 0) is 169 Å². The molecule has 0 unspecified atom stereocenters. The number of aryl methyl sites for hydroxylation is 5. The zero-order valence-corrected chi connectivity index (χ0v) is 44.3. The van der Waals surface area contributed by atoms with E-state index in [-0.39, 0.29) is 0 Å². The lowest BCUT2D eigenvalue weighted by Gasteiger charge is -2.23. The zero-order chi connectivity index (χ0) is 54.3. The van der Waals surface area contributed by atoms with Crippen LogP contribution in [0.5, 0.6) is 0 Å². The van der Waals surface area contributed by atoms with Crippen LogP contribution >= 0.6 is 0 Å². The van der Waals surface area contributed by atoms with Crippen molar-refractivity contribution >= 4 is 49.3 Å². The molecule has 0 saturated carbocycles. The molecular formula is C73H52F3N3. The van der Waals surface area contributed by atoms with Crippen LogP contribution in [0.2, 0.25) is 0 Å². The minimum Gasteiger partial charge on any atom is -0.310 e. The minimum absolute atomic E-state index is 0.363. The molecule has 2 heterocycles. The molecule has 0 bridgehead atoms. The Morgan fingerprint density at radius 1 is 0.329 bits per heavy atom. The van der Waals surface area contributed by atoms with Crippen molar-refractivity contribution in [3.63, 3.8) is 0 Å². The molecule has 11 aromatic carbocycles. The maximum absolute atomic E-state index is 15.0. The molecule has 79 heavy (non-hydrogen) atoms. The standard InChI is InChI=1S/C73H52F3N3/c1-44-13-7-17-49(33-44)53-25-29-65-60(40-53)61-41-54(50-18-8-14-45(2)34-50)26-30-66(61)78(65)69-23-11-21-59(57-37-48(5)38-58(39-57)73(74,75)76)71(69)72-64(77-6)22-12-24-70(72)79-67-31-27-55(51-19-9-15-46(3)35-51)42-62(67)63-43-56(28-32-68(63)79)52-20-10-16-47(4)36-52/h7-43H,1-5H3. The molecule has 0 radical (unpaired) electrons. The van der Waals surface area contributed by atoms with Crippen LogP contribution in [0.1, 0.15) is 33.4 Å². The van der Waals surface area contributed by atoms with E-state index in [9.17, 15) is 0 Å². The number of halogens is 3. The Morgan fingerprint density at radius 2 is 0.671 bits per heavy atom. The lowest BCUT2D eigenvalue weighted by Crippen LogP contribution is -2.06. The molecule has 6 heteroatoms. The Hall–Kier alpha value is -9.70. The number of aromatic nitrogens is 2. The third-order valence-corrected chi connectivity index (χ3v) is 15.6. The van der Waals surface area contributed by atoms with Crippen molar-refractivity contribution in [1.82, 2.24) is 9.13 Å². The van der Waals surface area contributed by atoms with Crippen molar-refractivity contribution in [2.45, 2.75) is 40.8 Å². The van der Waals surface area contributed by atoms with Gasteiger partial charge in [0.05, 0.1) is 39.9 Å². The van der Waals surface area contributed by atoms with Gasteiger partial charge in [0.15, 0.2) is 5.69 Å². The molecule has 0 spiro atoms. The summed E-state index contributed by atoms with van der Waals surface area (Å²) < 4.78 is 49.6. The smallest absolute Gasteiger partial charge is 0.310 e. The quantitative estimate of drug-likeness (QED) is 0.135. The highest BCUT2D eigenvalue weighted by Crippen LogP contribution is 2.50. The monoisotopic (exact) mass is 1030 g/mol. The molecule has 3 nitrogen and oxygen atoms in total. The number of benzene rings is 11. The van der Waals surface area contributed by atoms with Crippen molar-refractivity contribution in [1.29, 1.82) is 0 Å². The minimum atomic E-state index is -4.60. The van der Waals surface area contributed by atoms with Gasteiger partial charge in [-0.15, -0.1) is 0 Å². The van der Waals surface area contributed by atoms with E-state index in [2.05, 4.69) is 224 Å². The second kappa shape index (κ2) is 19.1. The Bertz CT molecular complexity index is 4470. The van der Waals surface area contributed by atoms with Gasteiger partial charge in [0.2, 0.25) is 0 Å². The molecule has 0 aliphatic carbocycles. The summed E-state index contributed by atoms with van der Waals surface area (Å²) in [6.45, 7) is 19.1. The van der Waals surface area contributed by atoms with Crippen molar-refractivity contribution in [2.24, 2.45) is 0 Å². The van der Waals surface area contributed by atoms with E-state index in [1.807, 2.05) is 30.3 Å². The van der Waals surface area contributed by atoms with Gasteiger partial charge in [-0.2, -0.15) is 13.2 Å². The van der Waals surface area contributed by atoms with Crippen molar-refractivity contribution in [3.8, 4) is 78.1 Å². The third-order valence-electron chi connectivity index (χ3n) is 15.6. The molecule has 2 aromatic heterocycles. The normalized spacial score (nSPS) is 11.8. The van der Waals surface area contributed by atoms with Crippen LogP contribution in [0, 0.1) is 41.2 Å². The van der Waals surface area contributed by atoms with Crippen LogP contribution in [0.25, 0.3) is 127 Å². The van der Waals surface area contributed by atoms with Crippen molar-refractivity contribution < 1.29 is 13.2 Å². The first-order valence-corrected chi connectivity index (χ1v) is 26.6. The van der Waals surface area contributed by atoms with E-state index >= 15 is 13.2 Å². The highest BCUT2D eigenvalue weighted by atomic mass is 19.4. The molecule has 13 aromatic rings. The van der Waals surface area contributed by atoms with E-state index in [0.717, 1.165) is 122 Å². The number of fused-ring (bicyclic) bond motifs is 6. The fraction of sp³-hybridized carbons (Fsp3) is 0.0822. The molecule has 0 amide bonds. The maximum atomic E-state index is 15.0. The number of nitrogens with zero attached hydrogens (tertiary/aromatic N) is 3. The summed E-state index contributed by atoms with van der Waals surface area (Å²) in [5, 5.41) is 4.09. The SMILES string of the molecule is [C-]#[N+]c1cccc(-n2c3ccc(-c4cccc(C)c4)cc3c3cc(-c4cccc(C)c4)ccc32)c1-c1c(-c2cc(C)cc(C(F)(F)F)c2)cccc1-n1c2ccc(-c3cccc(C)c3)cc2c2cc(-c3cccc(C)c3)ccc21. The fourth-order valence-electron chi connectivity index (χ4n) is 12.0. The van der Waals surface area contributed by atoms with E-state index in [1.165, 1.54) is 12.1 Å². The van der Waals surface area contributed by atoms with E-state index in [1.54, 1.807) is 6.92 Å². The fourth-order valence-corrected chi connectivity index (χ4v) is 12.0. The molecule has 0 fully saturated rings. The predicted octanol–water partition coefficient (Wildman–Crippen LogP) is 21.0. The molecule has 13 rings (SSSR count). The predicted molar refractivity (Wildman–Crippen MR) is 323 cm³/mol. The van der Waals surface area contributed by atoms with Crippen LogP contribution in [-0.2, 0) is 6.18 Å². The molecule has 0 aliphatic rings. The van der Waals surface area contributed by atoms with Gasteiger partial charge in [0.1, 0.15) is 0 Å². The summed E-state index contributed by atoms with van der Waals surface area (Å²) in [6, 6.07) is 76.4. The van der Waals surface area contributed by atoms with Gasteiger partial charge in [0.25, 0.3) is 0 Å². The highest BCUT2D eigenvalue weighted by molar-refractivity contribution is 6.15. The highest BCUT2D eigenvalue weighted by Gasteiger charge is 2.32. The zero-order valence-electron chi connectivity index (χ0n) is 44.3. The van der Waals surface area contributed by atoms with Gasteiger partial charge >= 0.3 is 6.18 Å². The molecule has 0 saturated heterocycles. The average Bonchev–Trinajstić information content (AvgIpc) is 4.21. The van der Waals surface area contributed by atoms with Gasteiger partial charge in [-0.3, -0.25) is 0 Å². The van der Waals surface area contributed by atoms with Crippen LogP contribution in [0.15, 0.2) is 224 Å². The summed E-state index contributed by atoms with van der Waals surface area (Å²) in [5.74, 6) is 0. The summed E-state index contributed by atoms with van der Waals surface area (Å²) in [5.41, 5.74) is 20.7. The van der Waals surface area contributed by atoms with E-state index < -0.39 is 11.7 Å². The average molecular weight is 1030 g/mol. The first-order chi connectivity index (χ1) is 38.3. The van der Waals surface area contributed by atoms with Crippen LogP contribution in [-0.4, -0.2) is 9.13 Å². The van der Waals surface area contributed by atoms with Gasteiger partial charge in [-0.25, -0.2) is 4.85 Å². The number of hydrogen-bond donors (Lipinski definition) is 0. The Kier molecular flexibility index (Phi) is 11.8. The van der Waals surface area contributed by atoms with Crippen molar-refractivity contribution in [3.05, 3.63) is 269 Å². The van der Waals surface area contributed by atoms with Crippen LogP contribution in [0.4, 0.5) is 18.9 Å². The summed E-state index contributed by atoms with van der Waals surface area (Å²) in [6.07, 6.45) is -4.60. The van der Waals surface area contributed by atoms with Crippen molar-refractivity contribution in [2.75, 3.05) is 0 Å².